The van der Waals surface area contributed by atoms with Crippen LogP contribution in [0.2, 0.25) is 0 Å². The van der Waals surface area contributed by atoms with E-state index in [0.29, 0.717) is 6.54 Å². The Morgan fingerprint density at radius 3 is 2.50 bits per heavy atom. The second-order valence-electron chi connectivity index (χ2n) is 4.53. The van der Waals surface area contributed by atoms with Crippen LogP contribution in [0.15, 0.2) is 24.3 Å². The normalized spacial score (nSPS) is 17.9. The highest BCUT2D eigenvalue weighted by Gasteiger charge is 2.33. The highest BCUT2D eigenvalue weighted by atomic mass is 16.5. The quantitative estimate of drug-likeness (QED) is 0.795. The predicted molar refractivity (Wildman–Crippen MR) is 63.5 cm³/mol. The summed E-state index contributed by atoms with van der Waals surface area (Å²) in [5.74, 6) is 0.876. The zero-order valence-corrected chi connectivity index (χ0v) is 9.70. The molecule has 0 bridgehead atoms. The predicted octanol–water partition coefficient (Wildman–Crippen LogP) is 1.70. The molecular formula is C13H19NO2. The third-order valence-corrected chi connectivity index (χ3v) is 3.23. The smallest absolute Gasteiger partial charge is 0.118 e. The Bertz CT molecular complexity index is 330. The van der Waals surface area contributed by atoms with E-state index in [-0.39, 0.29) is 0 Å². The Kier molecular flexibility index (Phi) is 3.46. The summed E-state index contributed by atoms with van der Waals surface area (Å²) in [6.45, 7) is 1.49. The Morgan fingerprint density at radius 1 is 1.31 bits per heavy atom. The van der Waals surface area contributed by atoms with Crippen LogP contribution in [0.5, 0.6) is 5.75 Å². The molecule has 0 atom stereocenters. The third-order valence-electron chi connectivity index (χ3n) is 3.23. The summed E-state index contributed by atoms with van der Waals surface area (Å²) < 4.78 is 5.09. The Hall–Kier alpha value is -1.06. The summed E-state index contributed by atoms with van der Waals surface area (Å²) in [6, 6.07) is 7.98. The molecule has 0 heterocycles. The van der Waals surface area contributed by atoms with E-state index in [2.05, 4.69) is 5.32 Å². The molecule has 0 radical (unpaired) electrons. The molecule has 1 aliphatic carbocycles. The van der Waals surface area contributed by atoms with Gasteiger partial charge in [0.2, 0.25) is 0 Å². The van der Waals surface area contributed by atoms with E-state index in [1.54, 1.807) is 7.11 Å². The number of hydrogen-bond acceptors (Lipinski definition) is 3. The van der Waals surface area contributed by atoms with Gasteiger partial charge in [-0.05, 0) is 37.0 Å². The number of ether oxygens (including phenoxy) is 1. The molecule has 1 aliphatic rings. The van der Waals surface area contributed by atoms with Gasteiger partial charge in [0.15, 0.2) is 0 Å². The zero-order chi connectivity index (χ0) is 11.4. The van der Waals surface area contributed by atoms with Crippen LogP contribution in [0.4, 0.5) is 0 Å². The molecule has 3 nitrogen and oxygen atoms in total. The molecule has 1 saturated carbocycles. The minimum absolute atomic E-state index is 0.438. The summed E-state index contributed by atoms with van der Waals surface area (Å²) in [5, 5.41) is 13.2. The van der Waals surface area contributed by atoms with Gasteiger partial charge < -0.3 is 15.2 Å². The molecule has 1 aromatic rings. The summed E-state index contributed by atoms with van der Waals surface area (Å²) in [6.07, 6.45) is 3.02. The molecular weight excluding hydrogens is 202 g/mol. The molecule has 2 N–H and O–H groups in total. The SMILES string of the molecule is COc1ccc(CNCC2(O)CCC2)cc1. The van der Waals surface area contributed by atoms with Gasteiger partial charge in [0, 0.05) is 13.1 Å². The lowest BCUT2D eigenvalue weighted by molar-refractivity contribution is -0.0314. The number of benzene rings is 1. The van der Waals surface area contributed by atoms with Crippen molar-refractivity contribution in [2.24, 2.45) is 0 Å². The van der Waals surface area contributed by atoms with E-state index < -0.39 is 5.60 Å². The first-order valence-corrected chi connectivity index (χ1v) is 5.78. The maximum Gasteiger partial charge on any atom is 0.118 e. The molecule has 1 fully saturated rings. The van der Waals surface area contributed by atoms with Crippen molar-refractivity contribution in [2.45, 2.75) is 31.4 Å². The monoisotopic (exact) mass is 221 g/mol. The molecule has 88 valence electrons. The lowest BCUT2D eigenvalue weighted by Crippen LogP contribution is -2.45. The van der Waals surface area contributed by atoms with Crippen molar-refractivity contribution < 1.29 is 9.84 Å². The van der Waals surface area contributed by atoms with Gasteiger partial charge >= 0.3 is 0 Å². The highest BCUT2D eigenvalue weighted by molar-refractivity contribution is 5.27. The van der Waals surface area contributed by atoms with Crippen LogP contribution in [-0.2, 0) is 6.54 Å². The molecule has 1 aromatic carbocycles. The topological polar surface area (TPSA) is 41.5 Å². The fourth-order valence-electron chi connectivity index (χ4n) is 1.94. The molecule has 0 spiro atoms. The largest absolute Gasteiger partial charge is 0.497 e. The average Bonchev–Trinajstić information content (AvgIpc) is 2.28. The minimum atomic E-state index is -0.438. The summed E-state index contributed by atoms with van der Waals surface area (Å²) >= 11 is 0. The lowest BCUT2D eigenvalue weighted by Gasteiger charge is -2.36. The Labute approximate surface area is 96.4 Å². The first-order chi connectivity index (χ1) is 7.72. The zero-order valence-electron chi connectivity index (χ0n) is 9.70. The van der Waals surface area contributed by atoms with Gasteiger partial charge in [0.1, 0.15) is 5.75 Å². The molecule has 0 unspecified atom stereocenters. The molecule has 0 saturated heterocycles. The third kappa shape index (κ3) is 2.74. The van der Waals surface area contributed by atoms with E-state index in [0.717, 1.165) is 31.6 Å². The number of rotatable bonds is 5. The van der Waals surface area contributed by atoms with Gasteiger partial charge in [0.25, 0.3) is 0 Å². The molecule has 3 heteroatoms. The van der Waals surface area contributed by atoms with Crippen molar-refractivity contribution in [3.05, 3.63) is 29.8 Å². The van der Waals surface area contributed by atoms with E-state index >= 15 is 0 Å². The molecule has 16 heavy (non-hydrogen) atoms. The average molecular weight is 221 g/mol. The van der Waals surface area contributed by atoms with Crippen LogP contribution >= 0.6 is 0 Å². The van der Waals surface area contributed by atoms with Crippen molar-refractivity contribution in [1.29, 1.82) is 0 Å². The first kappa shape index (κ1) is 11.4. The van der Waals surface area contributed by atoms with Crippen LogP contribution in [0, 0.1) is 0 Å². The highest BCUT2D eigenvalue weighted by Crippen LogP contribution is 2.30. The van der Waals surface area contributed by atoms with Crippen LogP contribution in [0.3, 0.4) is 0 Å². The van der Waals surface area contributed by atoms with Crippen LogP contribution in [0.1, 0.15) is 24.8 Å². The van der Waals surface area contributed by atoms with E-state index in [4.69, 9.17) is 4.74 Å². The second kappa shape index (κ2) is 4.85. The fraction of sp³-hybridized carbons (Fsp3) is 0.538. The van der Waals surface area contributed by atoms with Crippen LogP contribution < -0.4 is 10.1 Å². The molecule has 0 aliphatic heterocycles. The van der Waals surface area contributed by atoms with Gasteiger partial charge in [-0.3, -0.25) is 0 Å². The number of hydrogen-bond donors (Lipinski definition) is 2. The van der Waals surface area contributed by atoms with Gasteiger partial charge in [-0.15, -0.1) is 0 Å². The number of aliphatic hydroxyl groups is 1. The molecule has 0 aromatic heterocycles. The minimum Gasteiger partial charge on any atom is -0.497 e. The molecule has 2 rings (SSSR count). The second-order valence-corrected chi connectivity index (χ2v) is 4.53. The van der Waals surface area contributed by atoms with Crippen molar-refractivity contribution >= 4 is 0 Å². The summed E-state index contributed by atoms with van der Waals surface area (Å²) in [7, 11) is 1.67. The van der Waals surface area contributed by atoms with Crippen molar-refractivity contribution in [3.8, 4) is 5.75 Å². The van der Waals surface area contributed by atoms with Gasteiger partial charge in [-0.2, -0.15) is 0 Å². The fourth-order valence-corrected chi connectivity index (χ4v) is 1.94. The number of nitrogens with one attached hydrogen (secondary N) is 1. The molecule has 0 amide bonds. The van der Waals surface area contributed by atoms with Gasteiger partial charge in [-0.1, -0.05) is 12.1 Å². The van der Waals surface area contributed by atoms with E-state index in [1.165, 1.54) is 5.56 Å². The van der Waals surface area contributed by atoms with Crippen molar-refractivity contribution in [2.75, 3.05) is 13.7 Å². The maximum absolute atomic E-state index is 9.89. The van der Waals surface area contributed by atoms with Crippen molar-refractivity contribution in [3.63, 3.8) is 0 Å². The van der Waals surface area contributed by atoms with E-state index in [9.17, 15) is 5.11 Å². The first-order valence-electron chi connectivity index (χ1n) is 5.78. The van der Waals surface area contributed by atoms with E-state index in [1.807, 2.05) is 24.3 Å². The summed E-state index contributed by atoms with van der Waals surface area (Å²) in [4.78, 5) is 0. The number of methoxy groups -OCH3 is 1. The van der Waals surface area contributed by atoms with Gasteiger partial charge in [0.05, 0.1) is 12.7 Å². The van der Waals surface area contributed by atoms with Gasteiger partial charge in [-0.25, -0.2) is 0 Å². The Balaban J connectivity index is 1.76. The van der Waals surface area contributed by atoms with Crippen LogP contribution in [0.25, 0.3) is 0 Å². The van der Waals surface area contributed by atoms with Crippen LogP contribution in [-0.4, -0.2) is 24.4 Å². The standard InChI is InChI=1S/C13H19NO2/c1-16-12-5-3-11(4-6-12)9-14-10-13(15)7-2-8-13/h3-6,14-15H,2,7-10H2,1H3. The lowest BCUT2D eigenvalue weighted by atomic mass is 9.80. The maximum atomic E-state index is 9.89. The van der Waals surface area contributed by atoms with Crippen molar-refractivity contribution in [1.82, 2.24) is 5.32 Å². The summed E-state index contributed by atoms with van der Waals surface area (Å²) in [5.41, 5.74) is 0.774. The Morgan fingerprint density at radius 2 is 2.00 bits per heavy atom.